The molecule has 2 heterocycles. The summed E-state index contributed by atoms with van der Waals surface area (Å²) in [5.74, 6) is 2.69. The van der Waals surface area contributed by atoms with Gasteiger partial charge in [0.15, 0.2) is 0 Å². The Kier molecular flexibility index (Phi) is 6.34. The van der Waals surface area contributed by atoms with E-state index in [0.29, 0.717) is 17.7 Å². The summed E-state index contributed by atoms with van der Waals surface area (Å²) >= 11 is 3.94. The normalized spacial score (nSPS) is 19.4. The molecule has 2 aliphatic rings. The van der Waals surface area contributed by atoms with Gasteiger partial charge < -0.3 is 10.2 Å². The molecule has 1 aromatic carbocycles. The largest absolute Gasteiger partial charge is 0.342 e. The lowest BCUT2D eigenvalue weighted by Crippen LogP contribution is -2.43. The van der Waals surface area contributed by atoms with E-state index in [9.17, 15) is 9.59 Å². The van der Waals surface area contributed by atoms with Crippen LogP contribution in [0.2, 0.25) is 0 Å². The van der Waals surface area contributed by atoms with E-state index in [1.54, 1.807) is 0 Å². The third-order valence-electron chi connectivity index (χ3n) is 4.72. The number of hydrogen-bond donors (Lipinski definition) is 1. The summed E-state index contributed by atoms with van der Waals surface area (Å²) in [6.45, 7) is 5.22. The van der Waals surface area contributed by atoms with Gasteiger partial charge in [-0.25, -0.2) is 0 Å². The maximum atomic E-state index is 12.6. The molecule has 6 heteroatoms. The Morgan fingerprint density at radius 2 is 1.84 bits per heavy atom. The number of rotatable bonds is 4. The first-order chi connectivity index (χ1) is 12.0. The molecule has 0 atom stereocenters. The number of nitrogens with zero attached hydrogens (tertiary/aromatic N) is 1. The Balaban J connectivity index is 1.54. The highest BCUT2D eigenvalue weighted by atomic mass is 32.2. The monoisotopic (exact) mass is 378 g/mol. The number of anilines is 1. The fourth-order valence-electron chi connectivity index (χ4n) is 3.29. The van der Waals surface area contributed by atoms with Crippen LogP contribution in [-0.2, 0) is 9.59 Å². The summed E-state index contributed by atoms with van der Waals surface area (Å²) in [6, 6.07) is 8.23. The minimum Gasteiger partial charge on any atom is -0.342 e. The van der Waals surface area contributed by atoms with Crippen molar-refractivity contribution in [3.8, 4) is 0 Å². The van der Waals surface area contributed by atoms with Crippen molar-refractivity contribution in [3.05, 3.63) is 29.8 Å². The predicted molar refractivity (Wildman–Crippen MR) is 107 cm³/mol. The third kappa shape index (κ3) is 4.73. The van der Waals surface area contributed by atoms with Crippen LogP contribution >= 0.6 is 23.5 Å². The van der Waals surface area contributed by atoms with E-state index in [1.807, 2.05) is 54.4 Å². The topological polar surface area (TPSA) is 49.4 Å². The van der Waals surface area contributed by atoms with Gasteiger partial charge in [-0.05, 0) is 30.5 Å². The van der Waals surface area contributed by atoms with Gasteiger partial charge in [0.25, 0.3) is 0 Å². The summed E-state index contributed by atoms with van der Waals surface area (Å²) in [4.78, 5) is 26.5. The number of carbonyl (C=O) groups excluding carboxylic acids is 2. The quantitative estimate of drug-likeness (QED) is 0.860. The van der Waals surface area contributed by atoms with Crippen LogP contribution in [0.4, 0.5) is 5.69 Å². The van der Waals surface area contributed by atoms with Gasteiger partial charge in [0.1, 0.15) is 0 Å². The minimum atomic E-state index is -0.00454. The molecule has 0 aromatic heterocycles. The molecule has 1 N–H and O–H groups in total. The number of benzene rings is 1. The highest BCUT2D eigenvalue weighted by Crippen LogP contribution is 2.45. The van der Waals surface area contributed by atoms with E-state index in [1.165, 1.54) is 17.1 Å². The summed E-state index contributed by atoms with van der Waals surface area (Å²) in [7, 11) is 0. The number of piperidine rings is 1. The van der Waals surface area contributed by atoms with Crippen LogP contribution in [0, 0.1) is 11.8 Å². The lowest BCUT2D eigenvalue weighted by Gasteiger charge is -2.32. The summed E-state index contributed by atoms with van der Waals surface area (Å²) in [5.41, 5.74) is 2.17. The molecular formula is C19H26N2O2S2. The Bertz CT molecular complexity index is 622. The van der Waals surface area contributed by atoms with Gasteiger partial charge in [-0.3, -0.25) is 9.59 Å². The van der Waals surface area contributed by atoms with Gasteiger partial charge in [0, 0.05) is 42.1 Å². The molecular weight excluding hydrogens is 352 g/mol. The highest BCUT2D eigenvalue weighted by molar-refractivity contribution is 8.19. The van der Waals surface area contributed by atoms with Crippen molar-refractivity contribution in [2.45, 2.75) is 31.3 Å². The first-order valence-electron chi connectivity index (χ1n) is 8.97. The van der Waals surface area contributed by atoms with E-state index in [4.69, 9.17) is 0 Å². The second-order valence-electron chi connectivity index (χ2n) is 6.94. The van der Waals surface area contributed by atoms with Crippen LogP contribution in [0.25, 0.3) is 0 Å². The molecule has 0 radical (unpaired) electrons. The number of carbonyl (C=O) groups is 2. The lowest BCUT2D eigenvalue weighted by molar-refractivity contribution is -0.137. The second-order valence-corrected chi connectivity index (χ2v) is 9.67. The molecule has 2 fully saturated rings. The van der Waals surface area contributed by atoms with Gasteiger partial charge in [-0.15, -0.1) is 23.5 Å². The van der Waals surface area contributed by atoms with Crippen molar-refractivity contribution in [3.63, 3.8) is 0 Å². The van der Waals surface area contributed by atoms with Crippen LogP contribution < -0.4 is 5.32 Å². The van der Waals surface area contributed by atoms with Gasteiger partial charge in [-0.2, -0.15) is 0 Å². The molecule has 2 amide bonds. The van der Waals surface area contributed by atoms with E-state index >= 15 is 0 Å². The summed E-state index contributed by atoms with van der Waals surface area (Å²) in [5, 5.41) is 3.08. The molecule has 0 bridgehead atoms. The first kappa shape index (κ1) is 18.6. The van der Waals surface area contributed by atoms with E-state index in [2.05, 4.69) is 17.4 Å². The maximum absolute atomic E-state index is 12.6. The Hall–Kier alpha value is -1.14. The first-order valence-corrected chi connectivity index (χ1v) is 11.1. The molecule has 0 unspecified atom stereocenters. The second kappa shape index (κ2) is 8.49. The van der Waals surface area contributed by atoms with E-state index in [0.717, 1.165) is 18.5 Å². The van der Waals surface area contributed by atoms with Crippen LogP contribution in [0.1, 0.15) is 36.8 Å². The average molecular weight is 379 g/mol. The highest BCUT2D eigenvalue weighted by Gasteiger charge is 2.28. The molecule has 0 saturated carbocycles. The van der Waals surface area contributed by atoms with Crippen molar-refractivity contribution in [2.24, 2.45) is 11.8 Å². The van der Waals surface area contributed by atoms with Crippen LogP contribution in [-0.4, -0.2) is 41.3 Å². The average Bonchev–Trinajstić information content (AvgIpc) is 3.16. The zero-order valence-corrected chi connectivity index (χ0v) is 16.5. The molecule has 136 valence electrons. The van der Waals surface area contributed by atoms with Crippen LogP contribution in [0.3, 0.4) is 0 Å². The summed E-state index contributed by atoms with van der Waals surface area (Å²) in [6.07, 6.45) is 1.50. The number of amides is 2. The molecule has 1 aromatic rings. The van der Waals surface area contributed by atoms with Gasteiger partial charge >= 0.3 is 0 Å². The zero-order valence-electron chi connectivity index (χ0n) is 14.9. The maximum Gasteiger partial charge on any atom is 0.227 e. The smallest absolute Gasteiger partial charge is 0.227 e. The van der Waals surface area contributed by atoms with Crippen molar-refractivity contribution >= 4 is 41.0 Å². The number of hydrogen-bond acceptors (Lipinski definition) is 4. The molecule has 2 saturated heterocycles. The number of thioether (sulfide) groups is 2. The summed E-state index contributed by atoms with van der Waals surface area (Å²) < 4.78 is 0.488. The van der Waals surface area contributed by atoms with Crippen LogP contribution in [0.5, 0.6) is 0 Å². The molecule has 0 aliphatic carbocycles. The molecule has 2 aliphatic heterocycles. The Morgan fingerprint density at radius 1 is 1.16 bits per heavy atom. The van der Waals surface area contributed by atoms with Gasteiger partial charge in [0.05, 0.1) is 4.58 Å². The predicted octanol–water partition coefficient (Wildman–Crippen LogP) is 4.00. The van der Waals surface area contributed by atoms with Crippen molar-refractivity contribution in [2.75, 3.05) is 29.9 Å². The van der Waals surface area contributed by atoms with E-state index < -0.39 is 0 Å². The third-order valence-corrected chi connectivity index (χ3v) is 7.82. The number of likely N-dealkylation sites (tertiary alicyclic amines) is 1. The Morgan fingerprint density at radius 3 is 2.48 bits per heavy atom. The van der Waals surface area contributed by atoms with Crippen LogP contribution in [0.15, 0.2) is 24.3 Å². The standard InChI is InChI=1S/C19H26N2O2S2/c1-13(2)18(23)21-8-6-14(7-9-21)17(22)20-16-5-3-4-15(12-16)19-24-10-11-25-19/h3-5,12-14,19H,6-11H2,1-2H3,(H,20,22). The Labute approximate surface area is 158 Å². The molecule has 0 spiro atoms. The van der Waals surface area contributed by atoms with Crippen molar-refractivity contribution in [1.82, 2.24) is 4.90 Å². The molecule has 4 nitrogen and oxygen atoms in total. The van der Waals surface area contributed by atoms with Crippen molar-refractivity contribution in [1.29, 1.82) is 0 Å². The van der Waals surface area contributed by atoms with Gasteiger partial charge in [-0.1, -0.05) is 26.0 Å². The van der Waals surface area contributed by atoms with Gasteiger partial charge in [0.2, 0.25) is 11.8 Å². The SMILES string of the molecule is CC(C)C(=O)N1CCC(C(=O)Nc2cccc(C3SCCS3)c2)CC1. The fourth-order valence-corrected chi connectivity index (χ4v) is 6.12. The minimum absolute atomic E-state index is 0.00454. The number of nitrogens with one attached hydrogen (secondary N) is 1. The van der Waals surface area contributed by atoms with E-state index in [-0.39, 0.29) is 23.7 Å². The van der Waals surface area contributed by atoms with Crippen molar-refractivity contribution < 1.29 is 9.59 Å². The zero-order chi connectivity index (χ0) is 17.8. The molecule has 25 heavy (non-hydrogen) atoms. The molecule has 3 rings (SSSR count). The fraction of sp³-hybridized carbons (Fsp3) is 0.579. The lowest BCUT2D eigenvalue weighted by atomic mass is 9.95.